The van der Waals surface area contributed by atoms with Gasteiger partial charge in [0.15, 0.2) is 0 Å². The van der Waals surface area contributed by atoms with Gasteiger partial charge in [-0.3, -0.25) is 0 Å². The second kappa shape index (κ2) is 5.55. The number of likely N-dealkylation sites (N-methyl/N-ethyl adjacent to an activating group) is 1. The maximum atomic E-state index is 3.48. The number of nitrogens with zero attached hydrogens (tertiary/aromatic N) is 1. The zero-order chi connectivity index (χ0) is 9.61. The van der Waals surface area contributed by atoms with E-state index in [2.05, 4.69) is 31.0 Å². The summed E-state index contributed by atoms with van der Waals surface area (Å²) in [6, 6.07) is 0. The number of hydrogen-bond donors (Lipinski definition) is 1. The summed E-state index contributed by atoms with van der Waals surface area (Å²) >= 11 is 0. The molecule has 1 rings (SSSR count). The van der Waals surface area contributed by atoms with Gasteiger partial charge >= 0.3 is 0 Å². The highest BCUT2D eigenvalue weighted by molar-refractivity contribution is 4.85. The van der Waals surface area contributed by atoms with Crippen LogP contribution in [0.3, 0.4) is 0 Å². The molecule has 0 atom stereocenters. The molecule has 0 amide bonds. The molecule has 0 aromatic carbocycles. The smallest absolute Gasteiger partial charge is 0.0252 e. The van der Waals surface area contributed by atoms with Crippen molar-refractivity contribution >= 4 is 0 Å². The highest BCUT2D eigenvalue weighted by Gasteiger charge is 2.23. The lowest BCUT2D eigenvalue weighted by Crippen LogP contribution is -2.56. The third kappa shape index (κ3) is 4.07. The first-order chi connectivity index (χ1) is 5.64. The van der Waals surface area contributed by atoms with Crippen LogP contribution in [0, 0.1) is 0 Å². The Morgan fingerprint density at radius 2 is 1.92 bits per heavy atom. The predicted molar refractivity (Wildman–Crippen MR) is 55.5 cm³/mol. The summed E-state index contributed by atoms with van der Waals surface area (Å²) in [5, 5.41) is 3.48. The molecule has 1 fully saturated rings. The summed E-state index contributed by atoms with van der Waals surface area (Å²) in [7, 11) is 0. The van der Waals surface area contributed by atoms with E-state index in [1.807, 2.05) is 13.8 Å². The molecule has 2 nitrogen and oxygen atoms in total. The van der Waals surface area contributed by atoms with Crippen LogP contribution in [0.15, 0.2) is 0 Å². The Bertz CT molecular complexity index is 110. The minimum absolute atomic E-state index is 0.328. The third-order valence-corrected chi connectivity index (χ3v) is 2.10. The Labute approximate surface area is 77.3 Å². The molecule has 1 saturated heterocycles. The summed E-state index contributed by atoms with van der Waals surface area (Å²) in [5.41, 5.74) is 0.328. The molecule has 1 heterocycles. The molecule has 0 spiro atoms. The van der Waals surface area contributed by atoms with E-state index in [4.69, 9.17) is 0 Å². The lowest BCUT2D eigenvalue weighted by Gasteiger charge is -2.38. The number of rotatable bonds is 1. The van der Waals surface area contributed by atoms with Crippen LogP contribution in [0.5, 0.6) is 0 Å². The van der Waals surface area contributed by atoms with Crippen molar-refractivity contribution < 1.29 is 0 Å². The molecular weight excluding hydrogens is 148 g/mol. The first kappa shape index (κ1) is 11.9. The van der Waals surface area contributed by atoms with Crippen LogP contribution >= 0.6 is 0 Å². The SMILES string of the molecule is CC.CCN1CCNC(C)(C)C1. The quantitative estimate of drug-likeness (QED) is 0.648. The highest BCUT2D eigenvalue weighted by atomic mass is 15.2. The van der Waals surface area contributed by atoms with Gasteiger partial charge in [-0.05, 0) is 20.4 Å². The van der Waals surface area contributed by atoms with Crippen molar-refractivity contribution in [3.05, 3.63) is 0 Å². The van der Waals surface area contributed by atoms with Gasteiger partial charge in [0, 0.05) is 25.2 Å². The first-order valence-electron chi connectivity index (χ1n) is 5.11. The molecule has 12 heavy (non-hydrogen) atoms. The van der Waals surface area contributed by atoms with E-state index in [1.165, 1.54) is 19.6 Å². The van der Waals surface area contributed by atoms with E-state index >= 15 is 0 Å². The molecule has 0 aromatic heterocycles. The van der Waals surface area contributed by atoms with E-state index in [0.717, 1.165) is 6.54 Å². The van der Waals surface area contributed by atoms with E-state index in [-0.39, 0.29) is 0 Å². The Balaban J connectivity index is 0.000000561. The van der Waals surface area contributed by atoms with E-state index < -0.39 is 0 Å². The Kier molecular flexibility index (Phi) is 5.51. The van der Waals surface area contributed by atoms with Crippen molar-refractivity contribution in [2.24, 2.45) is 0 Å². The minimum atomic E-state index is 0.328. The molecule has 0 saturated carbocycles. The van der Waals surface area contributed by atoms with Crippen LogP contribution in [-0.4, -0.2) is 36.6 Å². The zero-order valence-electron chi connectivity index (χ0n) is 9.28. The minimum Gasteiger partial charge on any atom is -0.309 e. The molecule has 0 bridgehead atoms. The summed E-state index contributed by atoms with van der Waals surface area (Å²) in [4.78, 5) is 2.48. The largest absolute Gasteiger partial charge is 0.309 e. The van der Waals surface area contributed by atoms with Gasteiger partial charge in [-0.25, -0.2) is 0 Å². The molecule has 1 N–H and O–H groups in total. The van der Waals surface area contributed by atoms with Crippen molar-refractivity contribution in [2.45, 2.75) is 40.2 Å². The maximum Gasteiger partial charge on any atom is 0.0252 e. The lowest BCUT2D eigenvalue weighted by molar-refractivity contribution is 0.161. The van der Waals surface area contributed by atoms with Gasteiger partial charge in [-0.1, -0.05) is 20.8 Å². The third-order valence-electron chi connectivity index (χ3n) is 2.10. The predicted octanol–water partition coefficient (Wildman–Crippen LogP) is 1.72. The summed E-state index contributed by atoms with van der Waals surface area (Å²) in [6.07, 6.45) is 0. The first-order valence-corrected chi connectivity index (χ1v) is 5.11. The zero-order valence-corrected chi connectivity index (χ0v) is 9.28. The van der Waals surface area contributed by atoms with Crippen molar-refractivity contribution in [3.8, 4) is 0 Å². The van der Waals surface area contributed by atoms with Gasteiger partial charge in [0.2, 0.25) is 0 Å². The van der Waals surface area contributed by atoms with E-state index in [1.54, 1.807) is 0 Å². The number of hydrogen-bond acceptors (Lipinski definition) is 2. The van der Waals surface area contributed by atoms with Gasteiger partial charge in [0.05, 0.1) is 0 Å². The molecule has 0 aromatic rings. The fourth-order valence-electron chi connectivity index (χ4n) is 1.52. The van der Waals surface area contributed by atoms with Crippen LogP contribution in [0.4, 0.5) is 0 Å². The number of nitrogens with one attached hydrogen (secondary N) is 1. The normalized spacial score (nSPS) is 22.8. The second-order valence-corrected chi connectivity index (χ2v) is 3.68. The van der Waals surface area contributed by atoms with Gasteiger partial charge in [0.25, 0.3) is 0 Å². The molecule has 0 radical (unpaired) electrons. The molecule has 2 heteroatoms. The Hall–Kier alpha value is -0.0800. The maximum absolute atomic E-state index is 3.48. The van der Waals surface area contributed by atoms with Crippen LogP contribution in [0.2, 0.25) is 0 Å². The van der Waals surface area contributed by atoms with Gasteiger partial charge in [-0.15, -0.1) is 0 Å². The topological polar surface area (TPSA) is 15.3 Å². The monoisotopic (exact) mass is 172 g/mol. The molecule has 1 aliphatic rings. The average Bonchev–Trinajstić information content (AvgIpc) is 2.06. The summed E-state index contributed by atoms with van der Waals surface area (Å²) in [6.45, 7) is 15.5. The van der Waals surface area contributed by atoms with Crippen LogP contribution in [0.1, 0.15) is 34.6 Å². The van der Waals surface area contributed by atoms with Crippen LogP contribution in [0.25, 0.3) is 0 Å². The average molecular weight is 172 g/mol. The lowest BCUT2D eigenvalue weighted by atomic mass is 10.0. The van der Waals surface area contributed by atoms with E-state index in [9.17, 15) is 0 Å². The molecular formula is C10H24N2. The molecule has 1 aliphatic heterocycles. The number of piperazine rings is 1. The van der Waals surface area contributed by atoms with Gasteiger partial charge in [-0.2, -0.15) is 0 Å². The van der Waals surface area contributed by atoms with Crippen molar-refractivity contribution in [2.75, 3.05) is 26.2 Å². The summed E-state index contributed by atoms with van der Waals surface area (Å²) in [5.74, 6) is 0. The summed E-state index contributed by atoms with van der Waals surface area (Å²) < 4.78 is 0. The van der Waals surface area contributed by atoms with E-state index in [0.29, 0.717) is 5.54 Å². The van der Waals surface area contributed by atoms with Crippen molar-refractivity contribution in [3.63, 3.8) is 0 Å². The fourth-order valence-corrected chi connectivity index (χ4v) is 1.52. The Morgan fingerprint density at radius 3 is 2.25 bits per heavy atom. The molecule has 0 unspecified atom stereocenters. The van der Waals surface area contributed by atoms with Crippen molar-refractivity contribution in [1.29, 1.82) is 0 Å². The second-order valence-electron chi connectivity index (χ2n) is 3.68. The molecule has 74 valence electrons. The molecule has 0 aliphatic carbocycles. The van der Waals surface area contributed by atoms with Crippen molar-refractivity contribution in [1.82, 2.24) is 10.2 Å². The fraction of sp³-hybridized carbons (Fsp3) is 1.00. The van der Waals surface area contributed by atoms with Crippen LogP contribution in [-0.2, 0) is 0 Å². The van der Waals surface area contributed by atoms with Gasteiger partial charge < -0.3 is 10.2 Å². The standard InChI is InChI=1S/C8H18N2.C2H6/c1-4-10-6-5-9-8(2,3)7-10;1-2/h9H,4-7H2,1-3H3;1-2H3. The van der Waals surface area contributed by atoms with Crippen LogP contribution < -0.4 is 5.32 Å². The van der Waals surface area contributed by atoms with Gasteiger partial charge in [0.1, 0.15) is 0 Å². The Morgan fingerprint density at radius 1 is 1.33 bits per heavy atom. The highest BCUT2D eigenvalue weighted by Crippen LogP contribution is 2.08.